The van der Waals surface area contributed by atoms with E-state index in [2.05, 4.69) is 4.98 Å². The van der Waals surface area contributed by atoms with Gasteiger partial charge in [-0.1, -0.05) is 0 Å². The molecule has 1 atom stereocenters. The van der Waals surface area contributed by atoms with E-state index in [4.69, 9.17) is 4.74 Å². The zero-order valence-electron chi connectivity index (χ0n) is 14.6. The number of amides is 1. The first-order chi connectivity index (χ1) is 11.8. The van der Waals surface area contributed by atoms with Crippen LogP contribution < -0.4 is 0 Å². The molecule has 0 N–H and O–H groups in total. The Balaban J connectivity index is 1.58. The molecule has 1 saturated carbocycles. The summed E-state index contributed by atoms with van der Waals surface area (Å²) >= 11 is 0. The Morgan fingerprint density at radius 3 is 2.60 bits per heavy atom. The number of imidazole rings is 1. The molecule has 3 aliphatic rings. The van der Waals surface area contributed by atoms with Gasteiger partial charge in [-0.3, -0.25) is 4.79 Å². The highest BCUT2D eigenvalue weighted by Crippen LogP contribution is 2.42. The lowest BCUT2D eigenvalue weighted by atomic mass is 9.89. The number of piperidine rings is 1. The summed E-state index contributed by atoms with van der Waals surface area (Å²) < 4.78 is 34.8. The van der Waals surface area contributed by atoms with Crippen LogP contribution in [0.4, 0.5) is 0 Å². The van der Waals surface area contributed by atoms with Gasteiger partial charge in [0.1, 0.15) is 11.4 Å². The summed E-state index contributed by atoms with van der Waals surface area (Å²) in [4.78, 5) is 18.4. The second-order valence-corrected chi connectivity index (χ2v) is 9.59. The van der Waals surface area contributed by atoms with Crippen LogP contribution in [0.1, 0.15) is 31.5 Å². The summed E-state index contributed by atoms with van der Waals surface area (Å²) in [7, 11) is 0.254. The second kappa shape index (κ2) is 5.78. The van der Waals surface area contributed by atoms with Crippen LogP contribution in [0.5, 0.6) is 0 Å². The number of hydrogen-bond acceptors (Lipinski definition) is 5. The lowest BCUT2D eigenvalue weighted by Gasteiger charge is -2.45. The predicted octanol–water partition coefficient (Wildman–Crippen LogP) is 0.153. The summed E-state index contributed by atoms with van der Waals surface area (Å²) in [5, 5.41) is -0.195. The number of likely N-dealkylation sites (N-methyl/N-ethyl adjacent to an activating group) is 1. The molecule has 1 aromatic heterocycles. The van der Waals surface area contributed by atoms with E-state index in [0.29, 0.717) is 32.5 Å². The molecule has 0 radical (unpaired) electrons. The van der Waals surface area contributed by atoms with Crippen molar-refractivity contribution in [2.45, 2.75) is 49.2 Å². The third-order valence-corrected chi connectivity index (χ3v) is 7.80. The molecule has 4 rings (SSSR count). The van der Waals surface area contributed by atoms with Crippen molar-refractivity contribution in [3.05, 3.63) is 18.2 Å². The van der Waals surface area contributed by atoms with E-state index in [0.717, 1.165) is 18.7 Å². The third kappa shape index (κ3) is 2.78. The Hall–Kier alpha value is -1.45. The normalized spacial score (nSPS) is 26.4. The van der Waals surface area contributed by atoms with Gasteiger partial charge in [-0.2, -0.15) is 0 Å². The summed E-state index contributed by atoms with van der Waals surface area (Å²) in [5.41, 5.74) is -0.687. The zero-order chi connectivity index (χ0) is 17.8. The maximum atomic E-state index is 12.5. The van der Waals surface area contributed by atoms with Crippen molar-refractivity contribution in [1.29, 1.82) is 0 Å². The number of rotatable bonds is 3. The maximum absolute atomic E-state index is 12.5. The van der Waals surface area contributed by atoms with Crippen molar-refractivity contribution in [3.8, 4) is 0 Å². The topological polar surface area (TPSA) is 84.7 Å². The van der Waals surface area contributed by atoms with E-state index in [1.54, 1.807) is 24.6 Å². The molecule has 0 aromatic carbocycles. The Morgan fingerprint density at radius 2 is 2.00 bits per heavy atom. The molecule has 138 valence electrons. The molecular formula is C16H24N4O4S. The second-order valence-electron chi connectivity index (χ2n) is 7.38. The van der Waals surface area contributed by atoms with E-state index < -0.39 is 21.7 Å². The van der Waals surface area contributed by atoms with Gasteiger partial charge in [0.15, 0.2) is 6.10 Å². The molecule has 1 aliphatic carbocycles. The first-order valence-electron chi connectivity index (χ1n) is 8.73. The van der Waals surface area contributed by atoms with E-state index in [-0.39, 0.29) is 11.2 Å². The van der Waals surface area contributed by atoms with E-state index in [1.165, 1.54) is 4.90 Å². The summed E-state index contributed by atoms with van der Waals surface area (Å²) in [6.07, 6.45) is 5.59. The minimum atomic E-state index is -3.18. The smallest absolute Gasteiger partial charge is 0.253 e. The first-order valence-corrected chi connectivity index (χ1v) is 10.2. The van der Waals surface area contributed by atoms with Crippen molar-refractivity contribution < 1.29 is 17.9 Å². The summed E-state index contributed by atoms with van der Waals surface area (Å²) in [5.74, 6) is 0.727. The Labute approximate surface area is 147 Å². The highest BCUT2D eigenvalue weighted by atomic mass is 32.2. The number of carbonyl (C=O) groups excluding carboxylic acids is 1. The Kier molecular flexibility index (Phi) is 3.93. The van der Waals surface area contributed by atoms with Crippen molar-refractivity contribution in [1.82, 2.24) is 18.8 Å². The molecule has 0 bridgehead atoms. The fourth-order valence-electron chi connectivity index (χ4n) is 3.83. The number of carbonyl (C=O) groups is 1. The molecule has 8 nitrogen and oxygen atoms in total. The number of fused-ring (bicyclic) bond motifs is 2. The lowest BCUT2D eigenvalue weighted by Crippen LogP contribution is -2.54. The fraction of sp³-hybridized carbons (Fsp3) is 0.750. The molecule has 2 aliphatic heterocycles. The van der Waals surface area contributed by atoms with E-state index in [9.17, 15) is 13.2 Å². The van der Waals surface area contributed by atoms with Crippen molar-refractivity contribution in [2.75, 3.05) is 27.2 Å². The highest BCUT2D eigenvalue weighted by molar-refractivity contribution is 7.90. The number of aromatic nitrogens is 2. The standard InChI is InChI=1S/C16H24N4O4S/c1-18(2)14(21)13-11-19-10-7-17-15(19)16(24-13)5-8-20(9-6-16)25(22,23)12-3-4-12/h7,10,12-13H,3-6,8-9,11H2,1-2H3. The average molecular weight is 368 g/mol. The van der Waals surface area contributed by atoms with Crippen LogP contribution in [-0.4, -0.2) is 71.6 Å². The van der Waals surface area contributed by atoms with Gasteiger partial charge in [0.2, 0.25) is 10.0 Å². The van der Waals surface area contributed by atoms with Crippen LogP contribution >= 0.6 is 0 Å². The van der Waals surface area contributed by atoms with Gasteiger partial charge in [0, 0.05) is 39.6 Å². The largest absolute Gasteiger partial charge is 0.352 e. The van der Waals surface area contributed by atoms with Gasteiger partial charge in [-0.15, -0.1) is 0 Å². The number of nitrogens with zero attached hydrogens (tertiary/aromatic N) is 4. The molecule has 1 aromatic rings. The van der Waals surface area contributed by atoms with E-state index in [1.807, 2.05) is 10.8 Å². The molecule has 1 spiro atoms. The number of hydrogen-bond donors (Lipinski definition) is 0. The highest BCUT2D eigenvalue weighted by Gasteiger charge is 2.50. The SMILES string of the molecule is CN(C)C(=O)C1Cn2ccnc2C2(CCN(S(=O)(=O)C3CC3)CC2)O1. The lowest BCUT2D eigenvalue weighted by molar-refractivity contribution is -0.177. The molecule has 2 fully saturated rings. The summed E-state index contributed by atoms with van der Waals surface area (Å²) in [6, 6.07) is 0. The van der Waals surface area contributed by atoms with Gasteiger partial charge in [0.25, 0.3) is 5.91 Å². The molecule has 1 amide bonds. The van der Waals surface area contributed by atoms with Gasteiger partial charge in [-0.05, 0) is 25.7 Å². The van der Waals surface area contributed by atoms with Gasteiger partial charge < -0.3 is 14.2 Å². The Bertz CT molecular complexity index is 776. The number of ether oxygens (including phenoxy) is 1. The quantitative estimate of drug-likeness (QED) is 0.758. The monoisotopic (exact) mass is 368 g/mol. The van der Waals surface area contributed by atoms with E-state index >= 15 is 0 Å². The Morgan fingerprint density at radius 1 is 1.32 bits per heavy atom. The third-order valence-electron chi connectivity index (χ3n) is 5.41. The van der Waals surface area contributed by atoms with Crippen LogP contribution in [0.25, 0.3) is 0 Å². The van der Waals surface area contributed by atoms with Crippen LogP contribution in [0.2, 0.25) is 0 Å². The molecule has 3 heterocycles. The van der Waals surface area contributed by atoms with Gasteiger partial charge >= 0.3 is 0 Å². The fourth-order valence-corrected chi connectivity index (χ4v) is 5.68. The molecule has 25 heavy (non-hydrogen) atoms. The maximum Gasteiger partial charge on any atom is 0.253 e. The molecule has 9 heteroatoms. The van der Waals surface area contributed by atoms with Crippen molar-refractivity contribution >= 4 is 15.9 Å². The van der Waals surface area contributed by atoms with Crippen molar-refractivity contribution in [2.24, 2.45) is 0 Å². The minimum absolute atomic E-state index is 0.0771. The van der Waals surface area contributed by atoms with Crippen LogP contribution in [-0.2, 0) is 31.7 Å². The van der Waals surface area contributed by atoms with Crippen LogP contribution in [0.15, 0.2) is 12.4 Å². The van der Waals surface area contributed by atoms with Crippen molar-refractivity contribution in [3.63, 3.8) is 0 Å². The zero-order valence-corrected chi connectivity index (χ0v) is 15.4. The number of sulfonamides is 1. The molecule has 1 saturated heterocycles. The van der Waals surface area contributed by atoms with Crippen LogP contribution in [0, 0.1) is 0 Å². The molecule has 1 unspecified atom stereocenters. The summed E-state index contributed by atoms with van der Waals surface area (Å²) in [6.45, 7) is 1.27. The minimum Gasteiger partial charge on any atom is -0.352 e. The van der Waals surface area contributed by atoms with Gasteiger partial charge in [0.05, 0.1) is 11.8 Å². The molecular weight excluding hydrogens is 344 g/mol. The van der Waals surface area contributed by atoms with Crippen LogP contribution in [0.3, 0.4) is 0 Å². The van der Waals surface area contributed by atoms with Gasteiger partial charge in [-0.25, -0.2) is 17.7 Å². The average Bonchev–Trinajstić information content (AvgIpc) is 3.34. The predicted molar refractivity (Wildman–Crippen MR) is 90.2 cm³/mol. The first kappa shape index (κ1) is 17.0.